The van der Waals surface area contributed by atoms with Crippen LogP contribution in [0.4, 0.5) is 0 Å². The molecule has 0 aliphatic rings. The molecule has 5 heteroatoms. The van der Waals surface area contributed by atoms with Crippen LogP contribution in [-0.4, -0.2) is 11.9 Å². The number of hydrogen-bond donors (Lipinski definition) is 2. The average molecular weight is 289 g/mol. The number of hydrogen-bond acceptors (Lipinski definition) is 3. The van der Waals surface area contributed by atoms with Crippen molar-refractivity contribution in [1.29, 1.82) is 0 Å². The lowest BCUT2D eigenvalue weighted by Crippen LogP contribution is -2.28. The molecule has 0 saturated carbocycles. The van der Waals surface area contributed by atoms with Crippen molar-refractivity contribution in [2.24, 2.45) is 11.7 Å². The predicted octanol–water partition coefficient (Wildman–Crippen LogP) is 3.17. The summed E-state index contributed by atoms with van der Waals surface area (Å²) < 4.78 is 0.754. The molecule has 102 valence electrons. The second kappa shape index (κ2) is 7.77. The summed E-state index contributed by atoms with van der Waals surface area (Å²) in [4.78, 5) is 12.9. The fourth-order valence-corrected chi connectivity index (χ4v) is 2.70. The zero-order chi connectivity index (χ0) is 13.5. The Morgan fingerprint density at radius 3 is 2.72 bits per heavy atom. The molecular formula is C13H21ClN2OS. The van der Waals surface area contributed by atoms with Crippen LogP contribution in [-0.2, 0) is 11.3 Å². The van der Waals surface area contributed by atoms with Gasteiger partial charge in [-0.3, -0.25) is 4.79 Å². The van der Waals surface area contributed by atoms with E-state index in [2.05, 4.69) is 5.32 Å². The molecule has 0 bridgehead atoms. The molecule has 0 radical (unpaired) electrons. The van der Waals surface area contributed by atoms with E-state index in [1.165, 1.54) is 11.3 Å². The molecule has 1 rings (SSSR count). The maximum atomic E-state index is 11.8. The van der Waals surface area contributed by atoms with E-state index in [9.17, 15) is 4.79 Å². The first-order valence-electron chi connectivity index (χ1n) is 6.26. The van der Waals surface area contributed by atoms with Crippen molar-refractivity contribution < 1.29 is 4.79 Å². The van der Waals surface area contributed by atoms with Gasteiger partial charge in [-0.15, -0.1) is 11.3 Å². The summed E-state index contributed by atoms with van der Waals surface area (Å²) in [6, 6.07) is 4.00. The Morgan fingerprint density at radius 2 is 2.17 bits per heavy atom. The number of nitrogens with two attached hydrogens (primary N) is 1. The fourth-order valence-electron chi connectivity index (χ4n) is 1.67. The largest absolute Gasteiger partial charge is 0.351 e. The minimum atomic E-state index is 0.0409. The summed E-state index contributed by atoms with van der Waals surface area (Å²) in [5, 5.41) is 2.93. The first-order valence-corrected chi connectivity index (χ1v) is 7.46. The Balaban J connectivity index is 2.23. The van der Waals surface area contributed by atoms with Gasteiger partial charge in [0.25, 0.3) is 0 Å². The van der Waals surface area contributed by atoms with Crippen LogP contribution in [0.25, 0.3) is 0 Å². The minimum Gasteiger partial charge on any atom is -0.351 e. The van der Waals surface area contributed by atoms with Crippen LogP contribution in [0, 0.1) is 5.92 Å². The second-order valence-electron chi connectivity index (χ2n) is 4.73. The SMILES string of the molecule is CC(N)CCCC(C)C(=O)NCc1ccc(Cl)s1. The van der Waals surface area contributed by atoms with Crippen LogP contribution in [0.15, 0.2) is 12.1 Å². The number of carbonyl (C=O) groups excluding carboxylic acids is 1. The molecule has 1 heterocycles. The average Bonchev–Trinajstić information content (AvgIpc) is 2.71. The summed E-state index contributed by atoms with van der Waals surface area (Å²) in [7, 11) is 0. The number of rotatable bonds is 7. The van der Waals surface area contributed by atoms with Gasteiger partial charge in [0.1, 0.15) is 0 Å². The van der Waals surface area contributed by atoms with Crippen molar-refractivity contribution in [3.8, 4) is 0 Å². The van der Waals surface area contributed by atoms with E-state index < -0.39 is 0 Å². The van der Waals surface area contributed by atoms with Crippen molar-refractivity contribution in [2.75, 3.05) is 0 Å². The smallest absolute Gasteiger partial charge is 0.223 e. The van der Waals surface area contributed by atoms with Crippen molar-refractivity contribution >= 4 is 28.8 Å². The van der Waals surface area contributed by atoms with Crippen LogP contribution < -0.4 is 11.1 Å². The maximum absolute atomic E-state index is 11.8. The fraction of sp³-hybridized carbons (Fsp3) is 0.615. The highest BCUT2D eigenvalue weighted by atomic mass is 35.5. The second-order valence-corrected chi connectivity index (χ2v) is 6.53. The minimum absolute atomic E-state index is 0.0409. The molecule has 1 aromatic rings. The van der Waals surface area contributed by atoms with Crippen molar-refractivity contribution in [2.45, 2.75) is 45.7 Å². The summed E-state index contributed by atoms with van der Waals surface area (Å²) in [5.74, 6) is 0.142. The topological polar surface area (TPSA) is 55.1 Å². The standard InChI is InChI=1S/C13H21ClN2OS/c1-9(4-3-5-10(2)15)13(17)16-8-11-6-7-12(14)18-11/h6-7,9-10H,3-5,8,15H2,1-2H3,(H,16,17). The molecule has 3 nitrogen and oxygen atoms in total. The Bertz CT molecular complexity index is 379. The molecule has 0 aromatic carbocycles. The van der Waals surface area contributed by atoms with Crippen LogP contribution >= 0.6 is 22.9 Å². The number of amides is 1. The van der Waals surface area contributed by atoms with Gasteiger partial charge >= 0.3 is 0 Å². The maximum Gasteiger partial charge on any atom is 0.223 e. The van der Waals surface area contributed by atoms with Crippen LogP contribution in [0.1, 0.15) is 38.0 Å². The number of thiophene rings is 1. The molecule has 0 spiro atoms. The van der Waals surface area contributed by atoms with Gasteiger partial charge in [0, 0.05) is 16.8 Å². The molecule has 1 aromatic heterocycles. The number of halogens is 1. The summed E-state index contributed by atoms with van der Waals surface area (Å²) in [6.07, 6.45) is 2.85. The predicted molar refractivity (Wildman–Crippen MR) is 77.8 cm³/mol. The third-order valence-corrected chi connectivity index (χ3v) is 4.04. The van der Waals surface area contributed by atoms with E-state index in [1.807, 2.05) is 26.0 Å². The number of nitrogens with one attached hydrogen (secondary N) is 1. The normalized spacial score (nSPS) is 14.2. The van der Waals surface area contributed by atoms with Gasteiger partial charge in [-0.05, 0) is 31.9 Å². The first kappa shape index (κ1) is 15.5. The van der Waals surface area contributed by atoms with E-state index >= 15 is 0 Å². The molecule has 1 amide bonds. The molecule has 0 saturated heterocycles. The third kappa shape index (κ3) is 5.85. The van der Waals surface area contributed by atoms with Gasteiger partial charge in [-0.2, -0.15) is 0 Å². The van der Waals surface area contributed by atoms with E-state index in [4.69, 9.17) is 17.3 Å². The summed E-state index contributed by atoms with van der Waals surface area (Å²) >= 11 is 7.33. The number of carbonyl (C=O) groups is 1. The van der Waals surface area contributed by atoms with Crippen LogP contribution in [0.5, 0.6) is 0 Å². The highest BCUT2D eigenvalue weighted by Crippen LogP contribution is 2.21. The Morgan fingerprint density at radius 1 is 1.44 bits per heavy atom. The molecule has 3 N–H and O–H groups in total. The molecule has 0 fully saturated rings. The lowest BCUT2D eigenvalue weighted by molar-refractivity contribution is -0.124. The Hall–Kier alpha value is -0.580. The van der Waals surface area contributed by atoms with Gasteiger partial charge in [-0.1, -0.05) is 24.9 Å². The van der Waals surface area contributed by atoms with E-state index in [-0.39, 0.29) is 17.9 Å². The van der Waals surface area contributed by atoms with Crippen LogP contribution in [0.2, 0.25) is 4.34 Å². The Labute approximate surface area is 118 Å². The van der Waals surface area contributed by atoms with Crippen molar-refractivity contribution in [3.05, 3.63) is 21.3 Å². The van der Waals surface area contributed by atoms with Gasteiger partial charge in [0.2, 0.25) is 5.91 Å². The van der Waals surface area contributed by atoms with Crippen LogP contribution in [0.3, 0.4) is 0 Å². The summed E-state index contributed by atoms with van der Waals surface area (Å²) in [6.45, 7) is 4.51. The lowest BCUT2D eigenvalue weighted by atomic mass is 10.0. The quantitative estimate of drug-likeness (QED) is 0.810. The van der Waals surface area contributed by atoms with Crippen molar-refractivity contribution in [3.63, 3.8) is 0 Å². The van der Waals surface area contributed by atoms with E-state index in [1.54, 1.807) is 0 Å². The van der Waals surface area contributed by atoms with Gasteiger partial charge in [-0.25, -0.2) is 0 Å². The zero-order valence-electron chi connectivity index (χ0n) is 10.9. The molecule has 2 atom stereocenters. The highest BCUT2D eigenvalue weighted by Gasteiger charge is 2.12. The zero-order valence-corrected chi connectivity index (χ0v) is 12.5. The molecular weight excluding hydrogens is 268 g/mol. The Kier molecular flexibility index (Phi) is 6.68. The lowest BCUT2D eigenvalue weighted by Gasteiger charge is -2.12. The summed E-state index contributed by atoms with van der Waals surface area (Å²) in [5.41, 5.74) is 5.68. The van der Waals surface area contributed by atoms with E-state index in [0.717, 1.165) is 28.5 Å². The van der Waals surface area contributed by atoms with Gasteiger partial charge < -0.3 is 11.1 Å². The van der Waals surface area contributed by atoms with Gasteiger partial charge in [0.05, 0.1) is 10.9 Å². The highest BCUT2D eigenvalue weighted by molar-refractivity contribution is 7.16. The van der Waals surface area contributed by atoms with E-state index in [0.29, 0.717) is 6.54 Å². The molecule has 0 aliphatic heterocycles. The molecule has 0 aliphatic carbocycles. The van der Waals surface area contributed by atoms with Gasteiger partial charge in [0.15, 0.2) is 0 Å². The monoisotopic (exact) mass is 288 g/mol. The van der Waals surface area contributed by atoms with Crippen molar-refractivity contribution in [1.82, 2.24) is 5.32 Å². The first-order chi connectivity index (χ1) is 8.49. The third-order valence-electron chi connectivity index (χ3n) is 2.81. The molecule has 2 unspecified atom stereocenters. The molecule has 18 heavy (non-hydrogen) atoms.